The van der Waals surface area contributed by atoms with E-state index in [9.17, 15) is 9.90 Å². The molecule has 11 heavy (non-hydrogen) atoms. The number of carboxylic acids is 1. The first kappa shape index (κ1) is 11.2. The van der Waals surface area contributed by atoms with E-state index in [1.54, 1.807) is 6.92 Å². The van der Waals surface area contributed by atoms with E-state index in [1.807, 2.05) is 0 Å². The predicted octanol–water partition coefficient (Wildman–Crippen LogP) is -4.00. The second-order valence-electron chi connectivity index (χ2n) is 1.65. The van der Waals surface area contributed by atoms with E-state index in [1.165, 1.54) is 0 Å². The van der Waals surface area contributed by atoms with Gasteiger partial charge in [-0.05, 0) is 0 Å². The van der Waals surface area contributed by atoms with Crippen LogP contribution in [-0.4, -0.2) is 16.1 Å². The van der Waals surface area contributed by atoms with E-state index in [2.05, 4.69) is 14.7 Å². The summed E-state index contributed by atoms with van der Waals surface area (Å²) in [5, 5.41) is 13.2. The molecule has 0 aliphatic rings. The first-order valence-electron chi connectivity index (χ1n) is 2.78. The molecule has 0 saturated heterocycles. The van der Waals surface area contributed by atoms with Crippen molar-refractivity contribution in [3.8, 4) is 0 Å². The van der Waals surface area contributed by atoms with Crippen LogP contribution in [0.3, 0.4) is 0 Å². The van der Waals surface area contributed by atoms with Crippen LogP contribution in [0.25, 0.3) is 0 Å². The van der Waals surface area contributed by atoms with Crippen molar-refractivity contribution in [1.82, 2.24) is 10.1 Å². The molecule has 0 saturated carbocycles. The third-order valence-corrected chi connectivity index (χ3v) is 0.953. The number of aromatic nitrogens is 2. The van der Waals surface area contributed by atoms with Gasteiger partial charge in [-0.25, -0.2) is 0 Å². The molecule has 0 aliphatic heterocycles. The predicted molar refractivity (Wildman–Crippen MR) is 28.0 cm³/mol. The van der Waals surface area contributed by atoms with Gasteiger partial charge in [0.1, 0.15) is 5.97 Å². The Hall–Kier alpha value is 0.246. The summed E-state index contributed by atoms with van der Waals surface area (Å²) >= 11 is 0. The number of nitrogens with zero attached hydrogens (tertiary/aromatic N) is 2. The van der Waals surface area contributed by atoms with Gasteiger partial charge in [0.05, 0.1) is 0 Å². The van der Waals surface area contributed by atoms with Crippen molar-refractivity contribution in [2.45, 2.75) is 13.3 Å². The summed E-state index contributed by atoms with van der Waals surface area (Å²) in [7, 11) is 0. The summed E-state index contributed by atoms with van der Waals surface area (Å²) in [6.45, 7) is 1.78. The number of rotatable bonds is 2. The van der Waals surface area contributed by atoms with Gasteiger partial charge in [-0.3, -0.25) is 0 Å². The van der Waals surface area contributed by atoms with E-state index in [0.29, 0.717) is 12.3 Å². The fourth-order valence-corrected chi connectivity index (χ4v) is 0.481. The summed E-state index contributed by atoms with van der Waals surface area (Å²) in [4.78, 5) is 13.5. The zero-order valence-corrected chi connectivity index (χ0v) is 9.45. The van der Waals surface area contributed by atoms with E-state index >= 15 is 0 Å². The van der Waals surface area contributed by atoms with Gasteiger partial charge >= 0.3 is 51.4 Å². The zero-order valence-electron chi connectivity index (χ0n) is 6.33. The Kier molecular flexibility index (Phi) is 5.10. The molecule has 54 valence electrons. The van der Waals surface area contributed by atoms with Crippen LogP contribution in [0, 0.1) is 0 Å². The van der Waals surface area contributed by atoms with Crippen molar-refractivity contribution in [1.29, 1.82) is 0 Å². The van der Waals surface area contributed by atoms with Gasteiger partial charge < -0.3 is 14.4 Å². The van der Waals surface area contributed by atoms with Crippen molar-refractivity contribution < 1.29 is 65.8 Å². The van der Waals surface area contributed by atoms with Gasteiger partial charge in [0, 0.05) is 6.42 Å². The molecule has 0 aliphatic carbocycles. The quantitative estimate of drug-likeness (QED) is 0.433. The molecule has 0 fully saturated rings. The Morgan fingerprint density at radius 3 is 2.64 bits per heavy atom. The zero-order chi connectivity index (χ0) is 7.56. The molecule has 0 radical (unpaired) electrons. The molecule has 0 aromatic carbocycles. The monoisotopic (exact) mass is 180 g/mol. The summed E-state index contributed by atoms with van der Waals surface area (Å²) in [6.07, 6.45) is 0.528. The van der Waals surface area contributed by atoms with Crippen LogP contribution in [0.5, 0.6) is 0 Å². The Labute approximate surface area is 106 Å². The molecule has 1 aromatic rings. The molecule has 1 heterocycles. The Balaban J connectivity index is 0.000001000. The summed E-state index contributed by atoms with van der Waals surface area (Å²) in [5.74, 6) is -1.50. The van der Waals surface area contributed by atoms with E-state index in [0.717, 1.165) is 0 Å². The molecular formula is C5H5KN2O3. The van der Waals surface area contributed by atoms with Crippen molar-refractivity contribution in [3.05, 3.63) is 11.7 Å². The molecule has 0 unspecified atom stereocenters. The number of carbonyl (C=O) groups excluding carboxylic acids is 1. The normalized spacial score (nSPS) is 8.82. The van der Waals surface area contributed by atoms with E-state index in [-0.39, 0.29) is 51.4 Å². The Bertz CT molecular complexity index is 248. The fraction of sp³-hybridized carbons (Fsp3) is 0.400. The third-order valence-electron chi connectivity index (χ3n) is 0.953. The van der Waals surface area contributed by atoms with Crippen LogP contribution in [-0.2, 0) is 6.42 Å². The minimum Gasteiger partial charge on any atom is -0.541 e. The van der Waals surface area contributed by atoms with Gasteiger partial charge in [0.15, 0.2) is 0 Å². The van der Waals surface area contributed by atoms with Crippen LogP contribution >= 0.6 is 0 Å². The number of hydrogen-bond donors (Lipinski definition) is 0. The second-order valence-corrected chi connectivity index (χ2v) is 1.65. The van der Waals surface area contributed by atoms with Crippen LogP contribution in [0.2, 0.25) is 0 Å². The maximum atomic E-state index is 10.0. The van der Waals surface area contributed by atoms with Crippen LogP contribution < -0.4 is 56.5 Å². The first-order chi connectivity index (χ1) is 4.74. The largest absolute Gasteiger partial charge is 1.00 e. The number of carboxylic acid groups (broad SMARTS) is 1. The van der Waals surface area contributed by atoms with E-state index in [4.69, 9.17) is 0 Å². The van der Waals surface area contributed by atoms with E-state index < -0.39 is 11.8 Å². The molecule has 0 bridgehead atoms. The standard InChI is InChI=1S/C5H6N2O3.K/c1-2-3-6-4(5(8)9)7-10-3;/h2H2,1H3,(H,8,9);/q;+1/p-1. The first-order valence-corrected chi connectivity index (χ1v) is 2.78. The maximum Gasteiger partial charge on any atom is 1.00 e. The summed E-state index contributed by atoms with van der Waals surface area (Å²) < 4.78 is 4.49. The SMILES string of the molecule is CCc1nc(C(=O)[O-])no1.[K+]. The maximum absolute atomic E-state index is 10.0. The fourth-order valence-electron chi connectivity index (χ4n) is 0.481. The van der Waals surface area contributed by atoms with Gasteiger partial charge in [-0.15, -0.1) is 0 Å². The topological polar surface area (TPSA) is 79.0 Å². The molecular weight excluding hydrogens is 175 g/mol. The number of hydrogen-bond acceptors (Lipinski definition) is 5. The minimum absolute atomic E-state index is 0. The van der Waals surface area contributed by atoms with Gasteiger partial charge in [0.2, 0.25) is 11.7 Å². The minimum atomic E-state index is -1.41. The molecule has 0 atom stereocenters. The summed E-state index contributed by atoms with van der Waals surface area (Å²) in [5.41, 5.74) is 0. The third kappa shape index (κ3) is 3.00. The van der Waals surface area contributed by atoms with Crippen molar-refractivity contribution in [3.63, 3.8) is 0 Å². The summed E-state index contributed by atoms with van der Waals surface area (Å²) in [6, 6.07) is 0. The Morgan fingerprint density at radius 1 is 1.73 bits per heavy atom. The van der Waals surface area contributed by atoms with Crippen molar-refractivity contribution in [2.24, 2.45) is 0 Å². The molecule has 1 aromatic heterocycles. The number of aromatic carboxylic acids is 1. The van der Waals surface area contributed by atoms with Crippen LogP contribution in [0.4, 0.5) is 0 Å². The molecule has 0 spiro atoms. The number of carbonyl (C=O) groups is 1. The van der Waals surface area contributed by atoms with Crippen molar-refractivity contribution >= 4 is 5.97 Å². The molecule has 6 heteroatoms. The average molecular weight is 180 g/mol. The van der Waals surface area contributed by atoms with Crippen molar-refractivity contribution in [2.75, 3.05) is 0 Å². The molecule has 1 rings (SSSR count). The Morgan fingerprint density at radius 2 is 2.36 bits per heavy atom. The average Bonchev–Trinajstić information content (AvgIpc) is 2.34. The second kappa shape index (κ2) is 4.99. The molecule has 0 N–H and O–H groups in total. The van der Waals surface area contributed by atoms with Crippen LogP contribution in [0.15, 0.2) is 4.52 Å². The molecule has 0 amide bonds. The van der Waals surface area contributed by atoms with Gasteiger partial charge in [-0.1, -0.05) is 12.1 Å². The molecule has 5 nitrogen and oxygen atoms in total. The van der Waals surface area contributed by atoms with Gasteiger partial charge in [0.25, 0.3) is 0 Å². The van der Waals surface area contributed by atoms with Gasteiger partial charge in [-0.2, -0.15) is 4.98 Å². The van der Waals surface area contributed by atoms with Crippen LogP contribution in [0.1, 0.15) is 23.4 Å². The number of aryl methyl sites for hydroxylation is 1. The smallest absolute Gasteiger partial charge is 0.541 e.